The van der Waals surface area contributed by atoms with E-state index >= 15 is 0 Å². The van der Waals surface area contributed by atoms with Crippen molar-refractivity contribution in [3.05, 3.63) is 77.9 Å². The van der Waals surface area contributed by atoms with Crippen molar-refractivity contribution in [3.63, 3.8) is 0 Å². The number of nitriles is 1. The van der Waals surface area contributed by atoms with E-state index in [1.54, 1.807) is 47.4 Å². The van der Waals surface area contributed by atoms with Gasteiger partial charge in [-0.1, -0.05) is 24.3 Å². The average Bonchev–Trinajstić information content (AvgIpc) is 2.79. The Morgan fingerprint density at radius 3 is 2.53 bits per heavy atom. The summed E-state index contributed by atoms with van der Waals surface area (Å²) < 4.78 is 32.4. The smallest absolute Gasteiger partial charge is 0.254 e. The summed E-state index contributed by atoms with van der Waals surface area (Å²) in [5.41, 5.74) is 1.70. The third-order valence-electron chi connectivity index (χ3n) is 4.78. The fourth-order valence-electron chi connectivity index (χ4n) is 3.19. The van der Waals surface area contributed by atoms with Gasteiger partial charge < -0.3 is 9.64 Å². The average molecular weight is 426 g/mol. The number of carbonyl (C=O) groups is 1. The van der Waals surface area contributed by atoms with E-state index in [1.807, 2.05) is 0 Å². The Balaban J connectivity index is 1.83. The first kappa shape index (κ1) is 21.7. The summed E-state index contributed by atoms with van der Waals surface area (Å²) in [6.07, 6.45) is 1.62. The molecule has 0 radical (unpaired) electrons. The minimum atomic E-state index is -3.69. The van der Waals surface area contributed by atoms with Gasteiger partial charge in [0.25, 0.3) is 5.91 Å². The van der Waals surface area contributed by atoms with Crippen molar-refractivity contribution in [2.75, 3.05) is 32.8 Å². The molecule has 0 unspecified atom stereocenters. The number of ether oxygens (including phenoxy) is 1. The topological polar surface area (TPSA) is 90.7 Å². The zero-order chi connectivity index (χ0) is 21.6. The Hall–Kier alpha value is -2.99. The van der Waals surface area contributed by atoms with Crippen LogP contribution < -0.4 is 0 Å². The Labute approximate surface area is 176 Å². The molecule has 1 heterocycles. The van der Waals surface area contributed by atoms with E-state index in [1.165, 1.54) is 16.4 Å². The van der Waals surface area contributed by atoms with Crippen molar-refractivity contribution >= 4 is 15.9 Å². The number of amides is 1. The maximum Gasteiger partial charge on any atom is 0.254 e. The van der Waals surface area contributed by atoms with E-state index in [4.69, 9.17) is 10.00 Å². The third kappa shape index (κ3) is 4.94. The summed E-state index contributed by atoms with van der Waals surface area (Å²) in [5, 5.41) is 8.93. The lowest BCUT2D eigenvalue weighted by molar-refractivity contribution is 0.0729. The predicted octanol–water partition coefficient (Wildman–Crippen LogP) is 2.41. The van der Waals surface area contributed by atoms with Crippen LogP contribution >= 0.6 is 0 Å². The maximum atomic E-state index is 13.1. The number of morpholine rings is 1. The van der Waals surface area contributed by atoms with Crippen LogP contribution in [0.3, 0.4) is 0 Å². The zero-order valence-electron chi connectivity index (χ0n) is 16.5. The molecule has 1 saturated heterocycles. The minimum Gasteiger partial charge on any atom is -0.379 e. The molecule has 1 aliphatic rings. The first-order valence-corrected chi connectivity index (χ1v) is 11.0. The Bertz CT molecular complexity index is 1050. The second kappa shape index (κ2) is 9.67. The quantitative estimate of drug-likeness (QED) is 0.636. The second-order valence-electron chi connectivity index (χ2n) is 6.83. The molecule has 3 rings (SSSR count). The van der Waals surface area contributed by atoms with Crippen LogP contribution in [0, 0.1) is 11.3 Å². The number of benzene rings is 2. The van der Waals surface area contributed by atoms with Gasteiger partial charge in [-0.15, -0.1) is 6.58 Å². The molecule has 0 aromatic heterocycles. The molecule has 1 aliphatic heterocycles. The fourth-order valence-corrected chi connectivity index (χ4v) is 4.64. The minimum absolute atomic E-state index is 0.0900. The number of sulfonamides is 1. The molecule has 0 saturated carbocycles. The molecule has 0 bridgehead atoms. The van der Waals surface area contributed by atoms with Crippen molar-refractivity contribution in [1.82, 2.24) is 9.21 Å². The van der Waals surface area contributed by atoms with Crippen molar-refractivity contribution in [1.29, 1.82) is 5.26 Å². The molecule has 0 spiro atoms. The monoisotopic (exact) mass is 425 g/mol. The number of hydrogen-bond acceptors (Lipinski definition) is 5. The maximum absolute atomic E-state index is 13.1. The highest BCUT2D eigenvalue weighted by atomic mass is 32.2. The molecule has 156 valence electrons. The van der Waals surface area contributed by atoms with Crippen LogP contribution in [0.5, 0.6) is 0 Å². The largest absolute Gasteiger partial charge is 0.379 e. The zero-order valence-corrected chi connectivity index (χ0v) is 17.3. The van der Waals surface area contributed by atoms with E-state index in [9.17, 15) is 13.2 Å². The molecule has 2 aromatic carbocycles. The SMILES string of the molecule is C=CCN(Cc1ccc(C#N)cc1)C(=O)c1cccc(S(=O)(=O)N2CCOCC2)c1. The van der Waals surface area contributed by atoms with Crippen LogP contribution in [-0.4, -0.2) is 56.4 Å². The van der Waals surface area contributed by atoms with Crippen LogP contribution in [-0.2, 0) is 21.3 Å². The van der Waals surface area contributed by atoms with Crippen molar-refractivity contribution < 1.29 is 17.9 Å². The molecule has 0 aliphatic carbocycles. The van der Waals surface area contributed by atoms with Gasteiger partial charge in [0, 0.05) is 31.7 Å². The van der Waals surface area contributed by atoms with E-state index in [0.717, 1.165) is 5.56 Å². The standard InChI is InChI=1S/C22H23N3O4S/c1-2-10-24(17-19-8-6-18(16-23)7-9-19)22(26)20-4-3-5-21(15-20)30(27,28)25-11-13-29-14-12-25/h2-9,15H,1,10-14,17H2. The van der Waals surface area contributed by atoms with Crippen molar-refractivity contribution in [3.8, 4) is 6.07 Å². The highest BCUT2D eigenvalue weighted by Crippen LogP contribution is 2.20. The number of rotatable bonds is 7. The summed E-state index contributed by atoms with van der Waals surface area (Å²) in [5.74, 6) is -0.293. The van der Waals surface area contributed by atoms with Gasteiger partial charge in [0.05, 0.1) is 29.7 Å². The molecule has 0 atom stereocenters. The molecule has 30 heavy (non-hydrogen) atoms. The molecule has 1 amide bonds. The Kier molecular flexibility index (Phi) is 7.00. The second-order valence-corrected chi connectivity index (χ2v) is 8.77. The fraction of sp³-hybridized carbons (Fsp3) is 0.273. The molecular weight excluding hydrogens is 402 g/mol. The van der Waals surface area contributed by atoms with Gasteiger partial charge in [-0.05, 0) is 35.9 Å². The van der Waals surface area contributed by atoms with Gasteiger partial charge in [-0.25, -0.2) is 8.42 Å². The summed E-state index contributed by atoms with van der Waals surface area (Å²) >= 11 is 0. The third-order valence-corrected chi connectivity index (χ3v) is 6.68. The molecule has 0 N–H and O–H groups in total. The summed E-state index contributed by atoms with van der Waals surface area (Å²) in [6.45, 7) is 5.63. The molecular formula is C22H23N3O4S. The van der Waals surface area contributed by atoms with Crippen LogP contribution in [0.15, 0.2) is 66.1 Å². The number of nitrogens with zero attached hydrogens (tertiary/aromatic N) is 3. The Morgan fingerprint density at radius 1 is 1.20 bits per heavy atom. The van der Waals surface area contributed by atoms with Gasteiger partial charge in [0.15, 0.2) is 0 Å². The molecule has 8 heteroatoms. The van der Waals surface area contributed by atoms with Crippen molar-refractivity contribution in [2.45, 2.75) is 11.4 Å². The lowest BCUT2D eigenvalue weighted by Gasteiger charge is -2.26. The van der Waals surface area contributed by atoms with Crippen molar-refractivity contribution in [2.24, 2.45) is 0 Å². The van der Waals surface area contributed by atoms with Crippen LogP contribution in [0.25, 0.3) is 0 Å². The lowest BCUT2D eigenvalue weighted by Crippen LogP contribution is -2.40. The van der Waals surface area contributed by atoms with Crippen LogP contribution in [0.4, 0.5) is 0 Å². The Morgan fingerprint density at radius 2 is 1.90 bits per heavy atom. The summed E-state index contributed by atoms with van der Waals surface area (Å²) in [4.78, 5) is 14.8. The molecule has 2 aromatic rings. The van der Waals surface area contributed by atoms with E-state index < -0.39 is 10.0 Å². The number of hydrogen-bond donors (Lipinski definition) is 0. The lowest BCUT2D eigenvalue weighted by atomic mass is 10.1. The van der Waals surface area contributed by atoms with Gasteiger partial charge in [-0.3, -0.25) is 4.79 Å². The van der Waals surface area contributed by atoms with E-state index in [0.29, 0.717) is 50.5 Å². The first-order chi connectivity index (χ1) is 14.5. The van der Waals surface area contributed by atoms with E-state index in [2.05, 4.69) is 12.6 Å². The normalized spacial score (nSPS) is 14.6. The summed E-state index contributed by atoms with van der Waals surface area (Å²) in [6, 6.07) is 15.1. The van der Waals surface area contributed by atoms with Gasteiger partial charge >= 0.3 is 0 Å². The van der Waals surface area contributed by atoms with Gasteiger partial charge in [0.1, 0.15) is 0 Å². The van der Waals surface area contributed by atoms with E-state index in [-0.39, 0.29) is 10.8 Å². The van der Waals surface area contributed by atoms with Gasteiger partial charge in [0.2, 0.25) is 10.0 Å². The molecule has 1 fully saturated rings. The van der Waals surface area contributed by atoms with Crippen LogP contribution in [0.2, 0.25) is 0 Å². The van der Waals surface area contributed by atoms with Crippen LogP contribution in [0.1, 0.15) is 21.5 Å². The number of carbonyl (C=O) groups excluding carboxylic acids is 1. The van der Waals surface area contributed by atoms with Gasteiger partial charge in [-0.2, -0.15) is 9.57 Å². The summed E-state index contributed by atoms with van der Waals surface area (Å²) in [7, 11) is -3.69. The highest BCUT2D eigenvalue weighted by molar-refractivity contribution is 7.89. The predicted molar refractivity (Wildman–Crippen MR) is 112 cm³/mol. The first-order valence-electron chi connectivity index (χ1n) is 9.53. The molecule has 7 nitrogen and oxygen atoms in total. The highest BCUT2D eigenvalue weighted by Gasteiger charge is 2.27.